The first-order valence-electron chi connectivity index (χ1n) is 10.2. The van der Waals surface area contributed by atoms with Gasteiger partial charge in [-0.2, -0.15) is 0 Å². The van der Waals surface area contributed by atoms with E-state index in [1.165, 1.54) is 0 Å². The Bertz CT molecular complexity index is 680. The number of amides is 2. The van der Waals surface area contributed by atoms with Crippen LogP contribution in [-0.4, -0.2) is 69.8 Å². The Balaban J connectivity index is 1.28. The molecular formula is C20H29N5O2. The normalized spacial score (nSPS) is 24.6. The van der Waals surface area contributed by atoms with Crippen LogP contribution in [0.25, 0.3) is 0 Å². The number of carbonyl (C=O) groups is 2. The van der Waals surface area contributed by atoms with Gasteiger partial charge >= 0.3 is 0 Å². The van der Waals surface area contributed by atoms with Gasteiger partial charge < -0.3 is 10.2 Å². The first kappa shape index (κ1) is 18.3. The van der Waals surface area contributed by atoms with Crippen LogP contribution in [0.2, 0.25) is 0 Å². The average molecular weight is 371 g/mol. The van der Waals surface area contributed by atoms with Crippen molar-refractivity contribution in [2.75, 3.05) is 26.2 Å². The first-order valence-corrected chi connectivity index (χ1v) is 10.2. The standard InChI is InChI=1S/C20H29N5O2/c1-14-21-11-16(12-22-14)20(27)24-9-6-18(7-10-24)25-8-2-3-15(13-25)19(26)23-17-4-5-17/h11-12,15,17-18H,2-10,13H2,1H3,(H,23,26). The van der Waals surface area contributed by atoms with E-state index in [1.807, 2.05) is 11.8 Å². The molecule has 0 aromatic carbocycles. The molecule has 0 bridgehead atoms. The number of carbonyl (C=O) groups excluding carboxylic acids is 2. The van der Waals surface area contributed by atoms with E-state index in [9.17, 15) is 9.59 Å². The summed E-state index contributed by atoms with van der Waals surface area (Å²) in [5, 5.41) is 3.16. The number of nitrogens with one attached hydrogen (secondary N) is 1. The summed E-state index contributed by atoms with van der Waals surface area (Å²) in [6.07, 6.45) is 9.53. The number of hydrogen-bond donors (Lipinski definition) is 1. The monoisotopic (exact) mass is 371 g/mol. The van der Waals surface area contributed by atoms with Gasteiger partial charge in [0.1, 0.15) is 5.82 Å². The van der Waals surface area contributed by atoms with Crippen LogP contribution in [0.4, 0.5) is 0 Å². The molecule has 1 saturated carbocycles. The molecule has 7 heteroatoms. The molecule has 1 N–H and O–H groups in total. The molecule has 3 fully saturated rings. The summed E-state index contributed by atoms with van der Waals surface area (Å²) in [5.74, 6) is 1.07. The lowest BCUT2D eigenvalue weighted by Crippen LogP contribution is -2.51. The van der Waals surface area contributed by atoms with Gasteiger partial charge in [-0.05, 0) is 52.0 Å². The predicted octanol–water partition coefficient (Wildman–Crippen LogP) is 1.38. The number of nitrogens with zero attached hydrogens (tertiary/aromatic N) is 4. The summed E-state index contributed by atoms with van der Waals surface area (Å²) in [7, 11) is 0. The van der Waals surface area contributed by atoms with Crippen molar-refractivity contribution in [3.05, 3.63) is 23.8 Å². The fraction of sp³-hybridized carbons (Fsp3) is 0.700. The molecular weight excluding hydrogens is 342 g/mol. The molecule has 1 aromatic rings. The summed E-state index contributed by atoms with van der Waals surface area (Å²) in [5.41, 5.74) is 0.564. The summed E-state index contributed by atoms with van der Waals surface area (Å²) in [6.45, 7) is 5.26. The quantitative estimate of drug-likeness (QED) is 0.865. The molecule has 3 aliphatic rings. The number of likely N-dealkylation sites (tertiary alicyclic amines) is 2. The highest BCUT2D eigenvalue weighted by atomic mass is 16.2. The Morgan fingerprint density at radius 3 is 2.41 bits per heavy atom. The number of piperidine rings is 2. The van der Waals surface area contributed by atoms with Crippen LogP contribution in [0.3, 0.4) is 0 Å². The molecule has 146 valence electrons. The smallest absolute Gasteiger partial charge is 0.256 e. The van der Waals surface area contributed by atoms with Crippen molar-refractivity contribution in [3.63, 3.8) is 0 Å². The Morgan fingerprint density at radius 1 is 1.04 bits per heavy atom. The van der Waals surface area contributed by atoms with Crippen molar-refractivity contribution in [3.8, 4) is 0 Å². The molecule has 0 radical (unpaired) electrons. The second-order valence-electron chi connectivity index (χ2n) is 8.16. The molecule has 2 amide bonds. The van der Waals surface area contributed by atoms with Crippen LogP contribution >= 0.6 is 0 Å². The maximum atomic E-state index is 12.6. The topological polar surface area (TPSA) is 78.4 Å². The minimum Gasteiger partial charge on any atom is -0.353 e. The highest BCUT2D eigenvalue weighted by Gasteiger charge is 2.34. The molecule has 7 nitrogen and oxygen atoms in total. The zero-order chi connectivity index (χ0) is 18.8. The number of hydrogen-bond acceptors (Lipinski definition) is 5. The Hall–Kier alpha value is -2.02. The summed E-state index contributed by atoms with van der Waals surface area (Å²) >= 11 is 0. The largest absolute Gasteiger partial charge is 0.353 e. The zero-order valence-electron chi connectivity index (χ0n) is 16.1. The summed E-state index contributed by atoms with van der Waals surface area (Å²) in [6, 6.07) is 0.910. The Morgan fingerprint density at radius 2 is 1.74 bits per heavy atom. The fourth-order valence-corrected chi connectivity index (χ4v) is 4.22. The second-order valence-corrected chi connectivity index (χ2v) is 8.16. The lowest BCUT2D eigenvalue weighted by molar-refractivity contribution is -0.127. The van der Waals surface area contributed by atoms with E-state index >= 15 is 0 Å². The number of aryl methyl sites for hydroxylation is 1. The minimum atomic E-state index is 0.0220. The van der Waals surface area contributed by atoms with Crippen LogP contribution < -0.4 is 5.32 Å². The molecule has 3 heterocycles. The van der Waals surface area contributed by atoms with E-state index in [0.29, 0.717) is 23.5 Å². The van der Waals surface area contributed by atoms with Crippen LogP contribution in [-0.2, 0) is 4.79 Å². The van der Waals surface area contributed by atoms with Gasteiger partial charge in [-0.15, -0.1) is 0 Å². The highest BCUT2D eigenvalue weighted by molar-refractivity contribution is 5.93. The maximum absolute atomic E-state index is 12.6. The van der Waals surface area contributed by atoms with E-state index in [1.54, 1.807) is 12.4 Å². The lowest BCUT2D eigenvalue weighted by atomic mass is 9.93. The van der Waals surface area contributed by atoms with Crippen molar-refractivity contribution in [2.45, 2.75) is 57.5 Å². The zero-order valence-corrected chi connectivity index (χ0v) is 16.1. The van der Waals surface area contributed by atoms with Crippen molar-refractivity contribution in [1.29, 1.82) is 0 Å². The molecule has 2 saturated heterocycles. The SMILES string of the molecule is Cc1ncc(C(=O)N2CCC(N3CCCC(C(=O)NC4CC4)C3)CC2)cn1. The van der Waals surface area contributed by atoms with Gasteiger partial charge in [0.05, 0.1) is 11.5 Å². The minimum absolute atomic E-state index is 0.0220. The molecule has 2 aliphatic heterocycles. The van der Waals surface area contributed by atoms with Gasteiger partial charge in [0.2, 0.25) is 5.91 Å². The summed E-state index contributed by atoms with van der Waals surface area (Å²) in [4.78, 5) is 37.7. The Kier molecular flexibility index (Phi) is 5.38. The molecule has 1 aromatic heterocycles. The van der Waals surface area contributed by atoms with Crippen molar-refractivity contribution in [1.82, 2.24) is 25.1 Å². The van der Waals surface area contributed by atoms with Crippen molar-refractivity contribution in [2.24, 2.45) is 5.92 Å². The van der Waals surface area contributed by atoms with Gasteiger partial charge in [0.15, 0.2) is 0 Å². The third-order valence-corrected chi connectivity index (χ3v) is 6.04. The van der Waals surface area contributed by atoms with E-state index in [0.717, 1.165) is 64.7 Å². The molecule has 1 unspecified atom stereocenters. The van der Waals surface area contributed by atoms with Crippen molar-refractivity contribution >= 4 is 11.8 Å². The van der Waals surface area contributed by atoms with Crippen LogP contribution in [0.15, 0.2) is 12.4 Å². The molecule has 1 aliphatic carbocycles. The first-order chi connectivity index (χ1) is 13.1. The third kappa shape index (κ3) is 4.46. The molecule has 4 rings (SSSR count). The maximum Gasteiger partial charge on any atom is 0.256 e. The Labute approximate surface area is 160 Å². The number of rotatable bonds is 4. The summed E-state index contributed by atoms with van der Waals surface area (Å²) < 4.78 is 0. The molecule has 1 atom stereocenters. The van der Waals surface area contributed by atoms with Gasteiger partial charge in [0.25, 0.3) is 5.91 Å². The third-order valence-electron chi connectivity index (χ3n) is 6.04. The lowest BCUT2D eigenvalue weighted by Gasteiger charge is -2.42. The van der Waals surface area contributed by atoms with Gasteiger partial charge in [-0.1, -0.05) is 0 Å². The average Bonchev–Trinajstić information content (AvgIpc) is 3.52. The second kappa shape index (κ2) is 7.92. The van der Waals surface area contributed by atoms with E-state index in [4.69, 9.17) is 0 Å². The van der Waals surface area contributed by atoms with Crippen LogP contribution in [0.5, 0.6) is 0 Å². The molecule has 0 spiro atoms. The van der Waals surface area contributed by atoms with Gasteiger partial charge in [0, 0.05) is 44.1 Å². The van der Waals surface area contributed by atoms with Gasteiger partial charge in [-0.25, -0.2) is 9.97 Å². The fourth-order valence-electron chi connectivity index (χ4n) is 4.22. The van der Waals surface area contributed by atoms with E-state index in [-0.39, 0.29) is 17.7 Å². The highest BCUT2D eigenvalue weighted by Crippen LogP contribution is 2.26. The van der Waals surface area contributed by atoms with E-state index < -0.39 is 0 Å². The number of aromatic nitrogens is 2. The van der Waals surface area contributed by atoms with Crippen LogP contribution in [0.1, 0.15) is 54.7 Å². The predicted molar refractivity (Wildman–Crippen MR) is 101 cm³/mol. The van der Waals surface area contributed by atoms with Crippen LogP contribution in [0, 0.1) is 12.8 Å². The van der Waals surface area contributed by atoms with Gasteiger partial charge in [-0.3, -0.25) is 14.5 Å². The molecule has 27 heavy (non-hydrogen) atoms. The van der Waals surface area contributed by atoms with E-state index in [2.05, 4.69) is 20.2 Å². The van der Waals surface area contributed by atoms with Crippen molar-refractivity contribution < 1.29 is 9.59 Å².